The zero-order valence-corrected chi connectivity index (χ0v) is 13.8. The molecule has 0 saturated heterocycles. The summed E-state index contributed by atoms with van der Waals surface area (Å²) in [6.07, 6.45) is 1.33. The number of carbonyl (C=O) groups is 2. The van der Waals surface area contributed by atoms with E-state index in [1.54, 1.807) is 24.3 Å². The van der Waals surface area contributed by atoms with E-state index in [1.165, 1.54) is 18.3 Å². The third kappa shape index (κ3) is 4.30. The van der Waals surface area contributed by atoms with Gasteiger partial charge >= 0.3 is 0 Å². The van der Waals surface area contributed by atoms with Crippen LogP contribution in [0.4, 0.5) is 4.39 Å². The molecule has 3 rings (SSSR count). The number of hydrogen-bond acceptors (Lipinski definition) is 3. The fourth-order valence-corrected chi connectivity index (χ4v) is 2.48. The molecular weight excluding hydrogens is 333 g/mol. The van der Waals surface area contributed by atoms with E-state index in [1.807, 2.05) is 30.3 Å². The Kier molecular flexibility index (Phi) is 5.34. The van der Waals surface area contributed by atoms with Gasteiger partial charge in [0.05, 0.1) is 12.8 Å². The number of rotatable bonds is 5. The van der Waals surface area contributed by atoms with E-state index in [-0.39, 0.29) is 18.3 Å². The van der Waals surface area contributed by atoms with Crippen LogP contribution in [0, 0.1) is 5.82 Å². The normalized spacial score (nSPS) is 10.8. The van der Waals surface area contributed by atoms with Crippen molar-refractivity contribution in [3.63, 3.8) is 0 Å². The summed E-state index contributed by atoms with van der Waals surface area (Å²) in [5.74, 6) is -1.21. The molecule has 0 atom stereocenters. The van der Waals surface area contributed by atoms with Crippen molar-refractivity contribution < 1.29 is 14.0 Å². The van der Waals surface area contributed by atoms with Crippen molar-refractivity contribution in [3.8, 4) is 0 Å². The van der Waals surface area contributed by atoms with Crippen molar-refractivity contribution in [2.75, 3.05) is 6.54 Å². The minimum Gasteiger partial charge on any atom is -0.343 e. The summed E-state index contributed by atoms with van der Waals surface area (Å²) in [6.45, 7) is -0.220. The van der Waals surface area contributed by atoms with E-state index >= 15 is 0 Å². The molecule has 0 fully saturated rings. The average molecular weight is 349 g/mol. The predicted molar refractivity (Wildman–Crippen MR) is 98.4 cm³/mol. The summed E-state index contributed by atoms with van der Waals surface area (Å²) >= 11 is 0. The fraction of sp³-hybridized carbons (Fsp3) is 0.0500. The van der Waals surface area contributed by atoms with Crippen LogP contribution in [0.1, 0.15) is 15.9 Å². The number of hydrogen-bond donors (Lipinski definition) is 2. The molecule has 0 aromatic heterocycles. The molecule has 0 unspecified atom stereocenters. The Bertz CT molecular complexity index is 980. The fourth-order valence-electron chi connectivity index (χ4n) is 2.48. The molecule has 5 nitrogen and oxygen atoms in total. The minimum absolute atomic E-state index is 0.220. The van der Waals surface area contributed by atoms with Crippen molar-refractivity contribution >= 4 is 28.8 Å². The number of benzene rings is 3. The number of fused-ring (bicyclic) bond motifs is 1. The van der Waals surface area contributed by atoms with Crippen LogP contribution >= 0.6 is 0 Å². The van der Waals surface area contributed by atoms with E-state index in [2.05, 4.69) is 15.8 Å². The zero-order valence-electron chi connectivity index (χ0n) is 13.8. The van der Waals surface area contributed by atoms with Crippen molar-refractivity contribution in [2.24, 2.45) is 5.10 Å². The summed E-state index contributed by atoms with van der Waals surface area (Å²) < 4.78 is 13.0. The third-order valence-electron chi connectivity index (χ3n) is 3.70. The van der Waals surface area contributed by atoms with Gasteiger partial charge in [-0.2, -0.15) is 5.10 Å². The second-order valence-electron chi connectivity index (χ2n) is 5.56. The van der Waals surface area contributed by atoms with E-state index in [0.29, 0.717) is 11.1 Å². The maximum Gasteiger partial charge on any atom is 0.259 e. The lowest BCUT2D eigenvalue weighted by Crippen LogP contribution is -2.35. The third-order valence-corrected chi connectivity index (χ3v) is 3.70. The van der Waals surface area contributed by atoms with Crippen LogP contribution in [0.2, 0.25) is 0 Å². The van der Waals surface area contributed by atoms with Gasteiger partial charge in [-0.25, -0.2) is 9.82 Å². The van der Waals surface area contributed by atoms with Crippen LogP contribution in [0.15, 0.2) is 71.8 Å². The Balaban J connectivity index is 1.56. The van der Waals surface area contributed by atoms with E-state index in [0.717, 1.165) is 10.8 Å². The number of hydrazone groups is 1. The summed E-state index contributed by atoms with van der Waals surface area (Å²) in [4.78, 5) is 24.1. The molecule has 0 radical (unpaired) electrons. The molecule has 0 aliphatic rings. The van der Waals surface area contributed by atoms with E-state index in [9.17, 15) is 14.0 Å². The standard InChI is InChI=1S/C20H16FN3O2/c21-16-8-3-5-14(11-16)12-23-24-19(25)13-22-20(26)18-10-4-7-15-6-1-2-9-17(15)18/h1-12H,13H2,(H,22,26)(H,24,25)/b23-12+. The molecule has 0 bridgehead atoms. The molecule has 0 aliphatic carbocycles. The van der Waals surface area contributed by atoms with Crippen LogP contribution in [0.3, 0.4) is 0 Å². The van der Waals surface area contributed by atoms with Crippen molar-refractivity contribution in [3.05, 3.63) is 83.7 Å². The second kappa shape index (κ2) is 8.02. The van der Waals surface area contributed by atoms with Crippen LogP contribution in [0.25, 0.3) is 10.8 Å². The quantitative estimate of drug-likeness (QED) is 0.549. The molecule has 0 heterocycles. The highest BCUT2D eigenvalue weighted by molar-refractivity contribution is 6.07. The minimum atomic E-state index is -0.480. The Morgan fingerprint density at radius 2 is 1.77 bits per heavy atom. The maximum atomic E-state index is 13.0. The highest BCUT2D eigenvalue weighted by atomic mass is 19.1. The smallest absolute Gasteiger partial charge is 0.259 e. The monoisotopic (exact) mass is 349 g/mol. The Morgan fingerprint density at radius 1 is 1.00 bits per heavy atom. The van der Waals surface area contributed by atoms with Gasteiger partial charge in [-0.15, -0.1) is 0 Å². The maximum absolute atomic E-state index is 13.0. The molecule has 6 heteroatoms. The number of halogens is 1. The van der Waals surface area contributed by atoms with Crippen LogP contribution in [-0.4, -0.2) is 24.6 Å². The van der Waals surface area contributed by atoms with E-state index in [4.69, 9.17) is 0 Å². The number of carbonyl (C=O) groups excluding carboxylic acids is 2. The SMILES string of the molecule is O=C(CNC(=O)c1cccc2ccccc12)N/N=C/c1cccc(F)c1. The molecule has 2 N–H and O–H groups in total. The first kappa shape index (κ1) is 17.3. The van der Waals surface area contributed by atoms with Crippen molar-refractivity contribution in [2.45, 2.75) is 0 Å². The molecule has 130 valence electrons. The first-order valence-corrected chi connectivity index (χ1v) is 7.97. The molecule has 0 aliphatic heterocycles. The summed E-state index contributed by atoms with van der Waals surface area (Å²) in [5, 5.41) is 8.07. The van der Waals surface area contributed by atoms with Gasteiger partial charge in [-0.1, -0.05) is 48.5 Å². The zero-order chi connectivity index (χ0) is 18.4. The van der Waals surface area contributed by atoms with Gasteiger partial charge in [0.1, 0.15) is 5.82 Å². The summed E-state index contributed by atoms with van der Waals surface area (Å²) in [6, 6.07) is 18.7. The molecule has 3 aromatic carbocycles. The lowest BCUT2D eigenvalue weighted by atomic mass is 10.0. The van der Waals surface area contributed by atoms with Gasteiger partial charge in [0.25, 0.3) is 11.8 Å². The number of nitrogens with one attached hydrogen (secondary N) is 2. The first-order valence-electron chi connectivity index (χ1n) is 7.97. The molecule has 0 spiro atoms. The molecule has 3 aromatic rings. The first-order chi connectivity index (χ1) is 12.6. The van der Waals surface area contributed by atoms with Crippen LogP contribution in [0.5, 0.6) is 0 Å². The number of nitrogens with zero attached hydrogens (tertiary/aromatic N) is 1. The average Bonchev–Trinajstić information content (AvgIpc) is 2.66. The topological polar surface area (TPSA) is 70.6 Å². The van der Waals surface area contributed by atoms with Crippen LogP contribution < -0.4 is 10.7 Å². The Hall–Kier alpha value is -3.54. The summed E-state index contributed by atoms with van der Waals surface area (Å²) in [5.41, 5.74) is 3.31. The Morgan fingerprint density at radius 3 is 2.62 bits per heavy atom. The lowest BCUT2D eigenvalue weighted by Gasteiger charge is -2.07. The molecule has 0 saturated carbocycles. The van der Waals surface area contributed by atoms with E-state index < -0.39 is 5.91 Å². The largest absolute Gasteiger partial charge is 0.343 e. The lowest BCUT2D eigenvalue weighted by molar-refractivity contribution is -0.120. The predicted octanol–water partition coefficient (Wildman–Crippen LogP) is 2.86. The van der Waals surface area contributed by atoms with Gasteiger partial charge in [-0.05, 0) is 34.5 Å². The second-order valence-corrected chi connectivity index (χ2v) is 5.56. The molecule has 2 amide bonds. The highest BCUT2D eigenvalue weighted by Gasteiger charge is 2.10. The number of amides is 2. The van der Waals surface area contributed by atoms with Gasteiger partial charge < -0.3 is 5.32 Å². The molecule has 26 heavy (non-hydrogen) atoms. The highest BCUT2D eigenvalue weighted by Crippen LogP contribution is 2.18. The van der Waals surface area contributed by atoms with Gasteiger partial charge in [0.15, 0.2) is 0 Å². The van der Waals surface area contributed by atoms with Crippen molar-refractivity contribution in [1.29, 1.82) is 0 Å². The Labute approximate surface area is 149 Å². The summed E-state index contributed by atoms with van der Waals surface area (Å²) in [7, 11) is 0. The van der Waals surface area contributed by atoms with Crippen LogP contribution in [-0.2, 0) is 4.79 Å². The van der Waals surface area contributed by atoms with Crippen molar-refractivity contribution in [1.82, 2.24) is 10.7 Å². The van der Waals surface area contributed by atoms with Gasteiger partial charge in [0, 0.05) is 5.56 Å². The molecular formula is C20H16FN3O2. The van der Waals surface area contributed by atoms with Gasteiger partial charge in [0.2, 0.25) is 0 Å². The van der Waals surface area contributed by atoms with Gasteiger partial charge in [-0.3, -0.25) is 9.59 Å².